The average molecular weight is 241 g/mol. The van der Waals surface area contributed by atoms with Crippen LogP contribution in [0.3, 0.4) is 0 Å². The van der Waals surface area contributed by atoms with Crippen LogP contribution in [0.1, 0.15) is 30.0 Å². The van der Waals surface area contributed by atoms with Crippen molar-refractivity contribution in [1.29, 1.82) is 0 Å². The van der Waals surface area contributed by atoms with Crippen molar-refractivity contribution in [3.05, 3.63) is 23.7 Å². The van der Waals surface area contributed by atoms with Crippen LogP contribution in [0.4, 0.5) is 0 Å². The molecule has 0 aliphatic heterocycles. The normalized spacial score (nSPS) is 11.5. The second-order valence-corrected chi connectivity index (χ2v) is 4.33. The predicted molar refractivity (Wildman–Crippen MR) is 62.8 cm³/mol. The van der Waals surface area contributed by atoms with Gasteiger partial charge in [-0.05, 0) is 19.9 Å². The van der Waals surface area contributed by atoms with Crippen LogP contribution in [0.5, 0.6) is 0 Å². The lowest BCUT2D eigenvalue weighted by Gasteiger charge is -2.23. The van der Waals surface area contributed by atoms with Crippen LogP contribution in [0, 0.1) is 0 Å². The van der Waals surface area contributed by atoms with Crippen molar-refractivity contribution >= 4 is 5.97 Å². The molecule has 1 aromatic rings. The zero-order valence-corrected chi connectivity index (χ0v) is 10.7. The molecule has 0 saturated carbocycles. The Bertz CT molecular complexity index is 370. The SMILES string of the molecule is COC(=O)c1occc1CNCC(C)(C)OC. The van der Waals surface area contributed by atoms with E-state index >= 15 is 0 Å². The van der Waals surface area contributed by atoms with E-state index in [2.05, 4.69) is 10.1 Å². The Labute approximate surface area is 101 Å². The minimum atomic E-state index is -0.460. The summed E-state index contributed by atoms with van der Waals surface area (Å²) < 4.78 is 15.0. The van der Waals surface area contributed by atoms with Crippen molar-refractivity contribution in [2.75, 3.05) is 20.8 Å². The molecular formula is C12H19NO4. The molecule has 0 spiro atoms. The van der Waals surface area contributed by atoms with Gasteiger partial charge in [-0.1, -0.05) is 0 Å². The van der Waals surface area contributed by atoms with Gasteiger partial charge in [0.25, 0.3) is 0 Å². The third kappa shape index (κ3) is 3.87. The van der Waals surface area contributed by atoms with Crippen molar-refractivity contribution in [2.45, 2.75) is 26.0 Å². The first-order valence-electron chi connectivity index (χ1n) is 5.40. The van der Waals surface area contributed by atoms with E-state index in [1.54, 1.807) is 13.2 Å². The van der Waals surface area contributed by atoms with E-state index < -0.39 is 5.97 Å². The molecular weight excluding hydrogens is 222 g/mol. The Kier molecular flexibility index (Phi) is 4.72. The summed E-state index contributed by atoms with van der Waals surface area (Å²) in [5.74, 6) is -0.215. The zero-order valence-electron chi connectivity index (χ0n) is 10.7. The van der Waals surface area contributed by atoms with Crippen LogP contribution >= 0.6 is 0 Å². The smallest absolute Gasteiger partial charge is 0.374 e. The van der Waals surface area contributed by atoms with Crippen LogP contribution in [0.15, 0.2) is 16.7 Å². The number of rotatable bonds is 6. The quantitative estimate of drug-likeness (QED) is 0.766. The summed E-state index contributed by atoms with van der Waals surface area (Å²) in [6.07, 6.45) is 1.48. The van der Waals surface area contributed by atoms with Gasteiger partial charge in [0, 0.05) is 25.8 Å². The Morgan fingerprint density at radius 1 is 1.47 bits per heavy atom. The van der Waals surface area contributed by atoms with E-state index in [9.17, 15) is 4.79 Å². The standard InChI is InChI=1S/C12H19NO4/c1-12(2,16-4)8-13-7-9-5-6-17-10(9)11(14)15-3/h5-6,13H,7-8H2,1-4H3. The summed E-state index contributed by atoms with van der Waals surface area (Å²) in [6, 6.07) is 1.75. The Morgan fingerprint density at radius 3 is 2.76 bits per heavy atom. The lowest BCUT2D eigenvalue weighted by Crippen LogP contribution is -2.36. The first-order valence-corrected chi connectivity index (χ1v) is 5.40. The Morgan fingerprint density at radius 2 is 2.18 bits per heavy atom. The minimum Gasteiger partial charge on any atom is -0.463 e. The molecule has 5 heteroatoms. The molecule has 0 unspecified atom stereocenters. The molecule has 0 atom stereocenters. The Hall–Kier alpha value is -1.33. The number of carbonyl (C=O) groups is 1. The lowest BCUT2D eigenvalue weighted by atomic mass is 10.1. The molecule has 0 amide bonds. The van der Waals surface area contributed by atoms with Gasteiger partial charge in [0.05, 0.1) is 19.0 Å². The maximum absolute atomic E-state index is 11.3. The molecule has 0 bridgehead atoms. The van der Waals surface area contributed by atoms with E-state index in [1.165, 1.54) is 13.4 Å². The predicted octanol–water partition coefficient (Wildman–Crippen LogP) is 1.58. The average Bonchev–Trinajstić information content (AvgIpc) is 2.76. The number of nitrogens with one attached hydrogen (secondary N) is 1. The summed E-state index contributed by atoms with van der Waals surface area (Å²) in [6.45, 7) is 5.18. The van der Waals surface area contributed by atoms with E-state index in [4.69, 9.17) is 9.15 Å². The van der Waals surface area contributed by atoms with Crippen molar-refractivity contribution < 1.29 is 18.7 Å². The fourth-order valence-corrected chi connectivity index (χ4v) is 1.32. The van der Waals surface area contributed by atoms with Gasteiger partial charge >= 0.3 is 5.97 Å². The highest BCUT2D eigenvalue weighted by atomic mass is 16.5. The highest BCUT2D eigenvalue weighted by Crippen LogP contribution is 2.12. The molecule has 1 N–H and O–H groups in total. The van der Waals surface area contributed by atoms with Crippen LogP contribution in [0.25, 0.3) is 0 Å². The molecule has 1 rings (SSSR count). The Balaban J connectivity index is 2.53. The molecule has 0 radical (unpaired) electrons. The monoisotopic (exact) mass is 241 g/mol. The maximum atomic E-state index is 11.3. The van der Waals surface area contributed by atoms with Gasteiger partial charge in [-0.25, -0.2) is 4.79 Å². The highest BCUT2D eigenvalue weighted by Gasteiger charge is 2.18. The first kappa shape index (κ1) is 13.7. The topological polar surface area (TPSA) is 60.7 Å². The minimum absolute atomic E-state index is 0.241. The van der Waals surface area contributed by atoms with E-state index in [0.717, 1.165) is 5.56 Å². The van der Waals surface area contributed by atoms with Crippen LogP contribution in [-0.4, -0.2) is 32.3 Å². The first-order chi connectivity index (χ1) is 8.00. The molecule has 0 aliphatic rings. The van der Waals surface area contributed by atoms with Gasteiger partial charge in [-0.2, -0.15) is 0 Å². The number of esters is 1. The zero-order chi connectivity index (χ0) is 12.9. The van der Waals surface area contributed by atoms with Crippen molar-refractivity contribution in [1.82, 2.24) is 5.32 Å². The van der Waals surface area contributed by atoms with Crippen LogP contribution in [0.2, 0.25) is 0 Å². The summed E-state index contributed by atoms with van der Waals surface area (Å²) in [5, 5.41) is 3.21. The second-order valence-electron chi connectivity index (χ2n) is 4.33. The van der Waals surface area contributed by atoms with Gasteiger partial charge in [-0.3, -0.25) is 0 Å². The van der Waals surface area contributed by atoms with E-state index in [1.807, 2.05) is 13.8 Å². The van der Waals surface area contributed by atoms with Gasteiger partial charge in [0.1, 0.15) is 0 Å². The highest BCUT2D eigenvalue weighted by molar-refractivity contribution is 5.87. The van der Waals surface area contributed by atoms with E-state index in [-0.39, 0.29) is 11.4 Å². The number of hydrogen-bond acceptors (Lipinski definition) is 5. The number of methoxy groups -OCH3 is 2. The second kappa shape index (κ2) is 5.84. The largest absolute Gasteiger partial charge is 0.463 e. The maximum Gasteiger partial charge on any atom is 0.374 e. The van der Waals surface area contributed by atoms with Crippen molar-refractivity contribution in [2.24, 2.45) is 0 Å². The third-order valence-corrected chi connectivity index (χ3v) is 2.54. The molecule has 1 heterocycles. The van der Waals surface area contributed by atoms with Gasteiger partial charge in [0.15, 0.2) is 0 Å². The number of furan rings is 1. The van der Waals surface area contributed by atoms with Gasteiger partial charge < -0.3 is 19.2 Å². The number of carbonyl (C=O) groups excluding carboxylic acids is 1. The molecule has 5 nitrogen and oxygen atoms in total. The fourth-order valence-electron chi connectivity index (χ4n) is 1.32. The van der Waals surface area contributed by atoms with Crippen LogP contribution < -0.4 is 5.32 Å². The van der Waals surface area contributed by atoms with Gasteiger partial charge in [-0.15, -0.1) is 0 Å². The third-order valence-electron chi connectivity index (χ3n) is 2.54. The summed E-state index contributed by atoms with van der Waals surface area (Å²) in [7, 11) is 3.00. The molecule has 0 aromatic carbocycles. The molecule has 96 valence electrons. The van der Waals surface area contributed by atoms with Crippen molar-refractivity contribution in [3.63, 3.8) is 0 Å². The molecule has 0 aliphatic carbocycles. The number of hydrogen-bond donors (Lipinski definition) is 1. The van der Waals surface area contributed by atoms with Gasteiger partial charge in [0.2, 0.25) is 5.76 Å². The summed E-state index contributed by atoms with van der Waals surface area (Å²) in [5.41, 5.74) is 0.540. The molecule has 17 heavy (non-hydrogen) atoms. The van der Waals surface area contributed by atoms with Crippen LogP contribution in [-0.2, 0) is 16.0 Å². The lowest BCUT2D eigenvalue weighted by molar-refractivity contribution is 0.0230. The molecule has 0 saturated heterocycles. The number of ether oxygens (including phenoxy) is 2. The molecule has 0 fully saturated rings. The summed E-state index contributed by atoms with van der Waals surface area (Å²) in [4.78, 5) is 11.3. The fraction of sp³-hybridized carbons (Fsp3) is 0.583. The summed E-state index contributed by atoms with van der Waals surface area (Å²) >= 11 is 0. The molecule has 1 aromatic heterocycles. The van der Waals surface area contributed by atoms with E-state index in [0.29, 0.717) is 13.1 Å². The van der Waals surface area contributed by atoms with Crippen molar-refractivity contribution in [3.8, 4) is 0 Å².